The van der Waals surface area contributed by atoms with Crippen LogP contribution in [0.5, 0.6) is 11.5 Å². The van der Waals surface area contributed by atoms with Crippen LogP contribution in [0.15, 0.2) is 42.6 Å². The van der Waals surface area contributed by atoms with Gasteiger partial charge in [0.1, 0.15) is 16.6 Å². The van der Waals surface area contributed by atoms with Crippen molar-refractivity contribution >= 4 is 39.7 Å². The van der Waals surface area contributed by atoms with Crippen molar-refractivity contribution in [2.75, 3.05) is 6.79 Å². The number of carbonyl (C=O) groups excluding carboxylic acids is 1. The smallest absolute Gasteiger partial charge is 0.231 e. The van der Waals surface area contributed by atoms with Gasteiger partial charge in [-0.2, -0.15) is 0 Å². The summed E-state index contributed by atoms with van der Waals surface area (Å²) in [7, 11) is -1.43. The van der Waals surface area contributed by atoms with Gasteiger partial charge in [-0.15, -0.1) is 11.3 Å². The zero-order chi connectivity index (χ0) is 25.7. The summed E-state index contributed by atoms with van der Waals surface area (Å²) < 4.78 is 40.2. The second-order valence-corrected chi connectivity index (χ2v) is 13.6. The fourth-order valence-electron chi connectivity index (χ4n) is 4.19. The monoisotopic (exact) mass is 548 g/mol. The molecule has 0 unspecified atom stereocenters. The van der Waals surface area contributed by atoms with Crippen molar-refractivity contribution in [1.29, 1.82) is 0 Å². The van der Waals surface area contributed by atoms with Crippen molar-refractivity contribution in [2.45, 2.75) is 56.2 Å². The molecule has 5 rings (SSSR count). The van der Waals surface area contributed by atoms with E-state index in [1.165, 1.54) is 23.5 Å². The molecular formula is C26H26ClFN2O4S2. The Hall–Kier alpha value is -2.33. The summed E-state index contributed by atoms with van der Waals surface area (Å²) in [6, 6.07) is 9.26. The van der Waals surface area contributed by atoms with E-state index in [4.69, 9.17) is 21.1 Å². The molecule has 0 radical (unpaired) electrons. The van der Waals surface area contributed by atoms with Gasteiger partial charge < -0.3 is 9.47 Å². The zero-order valence-electron chi connectivity index (χ0n) is 20.1. The summed E-state index contributed by atoms with van der Waals surface area (Å²) in [6.07, 6.45) is 3.42. The number of nitrogens with one attached hydrogen (secondary N) is 1. The summed E-state index contributed by atoms with van der Waals surface area (Å²) in [4.78, 5) is 18.7. The topological polar surface area (TPSA) is 77.5 Å². The molecule has 2 aliphatic rings. The highest BCUT2D eigenvalue weighted by Crippen LogP contribution is 2.51. The first kappa shape index (κ1) is 25.3. The molecule has 2 atom stereocenters. The molecule has 6 nitrogen and oxygen atoms in total. The molecule has 2 aromatic carbocycles. The molecule has 1 aromatic heterocycles. The maximum Gasteiger partial charge on any atom is 0.231 e. The number of ketones is 1. The van der Waals surface area contributed by atoms with Crippen molar-refractivity contribution in [3.63, 3.8) is 0 Å². The highest BCUT2D eigenvalue weighted by atomic mass is 35.5. The van der Waals surface area contributed by atoms with Gasteiger partial charge >= 0.3 is 0 Å². The van der Waals surface area contributed by atoms with E-state index in [1.807, 2.05) is 39.0 Å². The number of fused-ring (bicyclic) bond motifs is 1. The predicted octanol–water partition coefficient (Wildman–Crippen LogP) is 5.65. The molecule has 1 saturated carbocycles. The van der Waals surface area contributed by atoms with E-state index in [9.17, 15) is 13.4 Å². The molecule has 1 aliphatic heterocycles. The Kier molecular flexibility index (Phi) is 6.70. The molecule has 1 aliphatic carbocycles. The van der Waals surface area contributed by atoms with Crippen molar-refractivity contribution in [1.82, 2.24) is 9.71 Å². The lowest BCUT2D eigenvalue weighted by molar-refractivity contribution is -0.120. The Bertz CT molecular complexity index is 1350. The average molecular weight is 549 g/mol. The minimum atomic E-state index is -1.43. The van der Waals surface area contributed by atoms with Gasteiger partial charge in [-0.3, -0.25) is 4.79 Å². The number of nitrogens with zero attached hydrogens (tertiary/aromatic N) is 1. The van der Waals surface area contributed by atoms with E-state index >= 15 is 0 Å². The van der Waals surface area contributed by atoms with Crippen LogP contribution in [0.25, 0.3) is 0 Å². The second-order valence-electron chi connectivity index (χ2n) is 10.0. The van der Waals surface area contributed by atoms with Crippen molar-refractivity contribution in [3.05, 3.63) is 74.4 Å². The minimum absolute atomic E-state index is 0.102. The van der Waals surface area contributed by atoms with Crippen LogP contribution in [0.1, 0.15) is 60.7 Å². The average Bonchev–Trinajstić information content (AvgIpc) is 3.28. The number of Topliss-reactive ketones (excluding diaryl/α,β-unsaturated/α-hetero) is 1. The second kappa shape index (κ2) is 9.52. The van der Waals surface area contributed by atoms with Gasteiger partial charge in [-0.1, -0.05) is 23.7 Å². The molecule has 2 heterocycles. The third-order valence-electron chi connectivity index (χ3n) is 6.43. The summed E-state index contributed by atoms with van der Waals surface area (Å²) in [5.41, 5.74) is 1.00. The van der Waals surface area contributed by atoms with Crippen molar-refractivity contribution in [3.8, 4) is 11.5 Å². The first-order valence-corrected chi connectivity index (χ1v) is 13.9. The number of halogens is 2. The van der Waals surface area contributed by atoms with Crippen molar-refractivity contribution < 1.29 is 22.9 Å². The van der Waals surface area contributed by atoms with Gasteiger partial charge in [0, 0.05) is 16.1 Å². The predicted molar refractivity (Wildman–Crippen MR) is 139 cm³/mol. The summed E-state index contributed by atoms with van der Waals surface area (Å²) >= 11 is 7.73. The number of carbonyl (C=O) groups is 1. The molecule has 1 N–H and O–H groups in total. The van der Waals surface area contributed by atoms with E-state index in [2.05, 4.69) is 9.71 Å². The maximum atomic E-state index is 13.7. The fraction of sp³-hybridized carbons (Fsp3) is 0.385. The molecule has 0 spiro atoms. The van der Waals surface area contributed by atoms with Crippen LogP contribution in [-0.4, -0.2) is 26.5 Å². The summed E-state index contributed by atoms with van der Waals surface area (Å²) in [5.74, 6) is 1.01. The normalized spacial score (nSPS) is 17.6. The van der Waals surface area contributed by atoms with Gasteiger partial charge in [0.25, 0.3) is 0 Å². The molecule has 190 valence electrons. The van der Waals surface area contributed by atoms with Crippen LogP contribution < -0.4 is 14.2 Å². The van der Waals surface area contributed by atoms with Crippen LogP contribution in [0.4, 0.5) is 4.39 Å². The van der Waals surface area contributed by atoms with Gasteiger partial charge in [-0.05, 0) is 69.0 Å². The third-order valence-corrected chi connectivity index (χ3v) is 9.38. The first-order valence-electron chi connectivity index (χ1n) is 11.6. The summed E-state index contributed by atoms with van der Waals surface area (Å²) in [5, 5.41) is 0.887. The number of thiazole rings is 1. The van der Waals surface area contributed by atoms with E-state index in [-0.39, 0.29) is 24.0 Å². The standard InChI is InChI=1S/C26H26ClFN2O4S2/c1-25(2,3)36(32)30-24(17-6-5-16(28)11-18(17)27)21-13-29-23(35-21)12-22(31)26(8-9-26)15-4-7-19-20(10-15)34-14-33-19/h4-7,10-11,13,24,30H,8-9,12,14H2,1-3H3/t24-,36+/m0/s1. The van der Waals surface area contributed by atoms with Gasteiger partial charge in [0.15, 0.2) is 11.5 Å². The molecule has 3 aromatic rings. The Morgan fingerprint density at radius 2 is 1.97 bits per heavy atom. The molecule has 0 saturated heterocycles. The lowest BCUT2D eigenvalue weighted by Crippen LogP contribution is -2.36. The number of ether oxygens (including phenoxy) is 2. The van der Waals surface area contributed by atoms with Crippen LogP contribution in [0.2, 0.25) is 5.02 Å². The molecule has 0 bridgehead atoms. The van der Waals surface area contributed by atoms with Crippen LogP contribution >= 0.6 is 22.9 Å². The fourth-order valence-corrected chi connectivity index (χ4v) is 6.35. The SMILES string of the molecule is CC(C)(C)[S@@](=O)N[C@H](c1cnc(CC(=O)C2(c3ccc4c(c3)OCO4)CC2)s1)c1ccc(F)cc1Cl. The first-order chi connectivity index (χ1) is 17.1. The molecule has 36 heavy (non-hydrogen) atoms. The van der Waals surface area contributed by atoms with E-state index in [0.29, 0.717) is 22.1 Å². The van der Waals surface area contributed by atoms with Crippen molar-refractivity contribution in [2.24, 2.45) is 0 Å². The van der Waals surface area contributed by atoms with Crippen LogP contribution in [-0.2, 0) is 27.6 Å². The van der Waals surface area contributed by atoms with E-state index in [1.54, 1.807) is 12.3 Å². The number of aromatic nitrogens is 1. The molecular weight excluding hydrogens is 523 g/mol. The lowest BCUT2D eigenvalue weighted by Gasteiger charge is -2.24. The van der Waals surface area contributed by atoms with Crippen LogP contribution in [0.3, 0.4) is 0 Å². The minimum Gasteiger partial charge on any atom is -0.454 e. The molecule has 0 amide bonds. The number of benzene rings is 2. The highest BCUT2D eigenvalue weighted by molar-refractivity contribution is 7.84. The van der Waals surface area contributed by atoms with Crippen LogP contribution in [0, 0.1) is 5.82 Å². The highest BCUT2D eigenvalue weighted by Gasteiger charge is 2.51. The maximum absolute atomic E-state index is 13.7. The summed E-state index contributed by atoms with van der Waals surface area (Å²) in [6.45, 7) is 5.78. The largest absolute Gasteiger partial charge is 0.454 e. The third kappa shape index (κ3) is 4.94. The Labute approximate surface area is 220 Å². The van der Waals surface area contributed by atoms with Gasteiger partial charge in [0.05, 0.1) is 33.6 Å². The zero-order valence-corrected chi connectivity index (χ0v) is 22.5. The lowest BCUT2D eigenvalue weighted by atomic mass is 9.89. The molecule has 10 heteroatoms. The quantitative estimate of drug-likeness (QED) is 0.394. The number of hydrogen-bond donors (Lipinski definition) is 1. The molecule has 1 fully saturated rings. The van der Waals surface area contributed by atoms with E-state index in [0.717, 1.165) is 23.3 Å². The van der Waals surface area contributed by atoms with Gasteiger partial charge in [0.2, 0.25) is 6.79 Å². The van der Waals surface area contributed by atoms with Gasteiger partial charge in [-0.25, -0.2) is 18.3 Å². The Morgan fingerprint density at radius 1 is 1.22 bits per heavy atom. The Morgan fingerprint density at radius 3 is 2.67 bits per heavy atom. The number of rotatable bonds is 8. The Balaban J connectivity index is 1.39. The number of hydrogen-bond acceptors (Lipinski definition) is 6. The van der Waals surface area contributed by atoms with E-state index < -0.39 is 33.0 Å².